The van der Waals surface area contributed by atoms with Gasteiger partial charge in [0.05, 0.1) is 13.2 Å². The predicted molar refractivity (Wildman–Crippen MR) is 125 cm³/mol. The molecule has 1 aromatic heterocycles. The number of carbonyl (C=O) groups excluding carboxylic acids is 1. The fourth-order valence-corrected chi connectivity index (χ4v) is 3.95. The summed E-state index contributed by atoms with van der Waals surface area (Å²) in [6.45, 7) is 1.61. The number of nitrogens with one attached hydrogen (secondary N) is 2. The summed E-state index contributed by atoms with van der Waals surface area (Å²) in [4.78, 5) is 16.9. The fourth-order valence-electron chi connectivity index (χ4n) is 3.17. The van der Waals surface area contributed by atoms with Crippen molar-refractivity contribution in [3.63, 3.8) is 0 Å². The molecule has 0 saturated carbocycles. The maximum atomic E-state index is 12.8. The van der Waals surface area contributed by atoms with E-state index in [9.17, 15) is 4.79 Å². The summed E-state index contributed by atoms with van der Waals surface area (Å²) in [5.41, 5.74) is 4.93. The minimum Gasteiger partial charge on any atom is -0.372 e. The number of amides is 1. The second-order valence-corrected chi connectivity index (χ2v) is 8.18. The first-order valence-corrected chi connectivity index (χ1v) is 11.3. The molecule has 4 rings (SSSR count). The topological polar surface area (TPSA) is 79.9 Å². The summed E-state index contributed by atoms with van der Waals surface area (Å²) in [6, 6.07) is 25.9. The number of rotatable bonds is 10. The van der Waals surface area contributed by atoms with Gasteiger partial charge in [0.25, 0.3) is 5.91 Å². The standard InChI is InChI=1S/C25H24N4O2S/c30-24(23-9-5-4-8-22(23)17-32-25-27-18-28-29-25)26-14-19-10-12-21(13-11-19)16-31-15-20-6-2-1-3-7-20/h1-13,18H,14-17H2,(H,26,30)(H,27,28,29). The van der Waals surface area contributed by atoms with E-state index < -0.39 is 0 Å². The molecule has 0 atom stereocenters. The van der Waals surface area contributed by atoms with Crippen LogP contribution in [0.4, 0.5) is 0 Å². The third-order valence-corrected chi connectivity index (χ3v) is 5.80. The van der Waals surface area contributed by atoms with Crippen LogP contribution in [0, 0.1) is 0 Å². The van der Waals surface area contributed by atoms with Gasteiger partial charge in [-0.15, -0.1) is 0 Å². The highest BCUT2D eigenvalue weighted by Gasteiger charge is 2.11. The van der Waals surface area contributed by atoms with Gasteiger partial charge in [-0.3, -0.25) is 9.89 Å². The second kappa shape index (κ2) is 11.3. The number of carbonyl (C=O) groups is 1. The number of nitrogens with zero attached hydrogens (tertiary/aromatic N) is 2. The first-order chi connectivity index (χ1) is 15.8. The van der Waals surface area contributed by atoms with Crippen LogP contribution in [0.3, 0.4) is 0 Å². The highest BCUT2D eigenvalue weighted by atomic mass is 32.2. The third kappa shape index (κ3) is 6.29. The van der Waals surface area contributed by atoms with Crippen LogP contribution in [0.1, 0.15) is 32.6 Å². The molecule has 0 saturated heterocycles. The van der Waals surface area contributed by atoms with E-state index in [1.807, 2.05) is 66.7 Å². The van der Waals surface area contributed by atoms with Gasteiger partial charge in [-0.2, -0.15) is 5.10 Å². The Kier molecular flexibility index (Phi) is 7.68. The van der Waals surface area contributed by atoms with Crippen LogP contribution in [0.15, 0.2) is 90.3 Å². The zero-order valence-electron chi connectivity index (χ0n) is 17.5. The molecule has 0 radical (unpaired) electrons. The Morgan fingerprint density at radius 2 is 1.56 bits per heavy atom. The first kappa shape index (κ1) is 21.8. The van der Waals surface area contributed by atoms with E-state index in [4.69, 9.17) is 4.74 Å². The van der Waals surface area contributed by atoms with Crippen LogP contribution in [-0.4, -0.2) is 21.1 Å². The molecular formula is C25H24N4O2S. The smallest absolute Gasteiger partial charge is 0.251 e. The Morgan fingerprint density at radius 3 is 2.31 bits per heavy atom. The summed E-state index contributed by atoms with van der Waals surface area (Å²) in [7, 11) is 0. The Labute approximate surface area is 191 Å². The summed E-state index contributed by atoms with van der Waals surface area (Å²) >= 11 is 1.51. The Morgan fingerprint density at radius 1 is 0.875 bits per heavy atom. The molecule has 4 aromatic rings. The average molecular weight is 445 g/mol. The van der Waals surface area contributed by atoms with Gasteiger partial charge < -0.3 is 10.1 Å². The molecule has 1 amide bonds. The molecular weight excluding hydrogens is 420 g/mol. The van der Waals surface area contributed by atoms with Gasteiger partial charge in [-0.05, 0) is 28.3 Å². The molecule has 0 aliphatic rings. The molecule has 162 valence electrons. The minimum absolute atomic E-state index is 0.0889. The van der Waals surface area contributed by atoms with Gasteiger partial charge in [-0.25, -0.2) is 4.98 Å². The lowest BCUT2D eigenvalue weighted by Gasteiger charge is -2.10. The van der Waals surface area contributed by atoms with E-state index in [2.05, 4.69) is 32.6 Å². The number of hydrogen-bond acceptors (Lipinski definition) is 5. The molecule has 0 aliphatic heterocycles. The van der Waals surface area contributed by atoms with E-state index in [0.29, 0.717) is 31.1 Å². The summed E-state index contributed by atoms with van der Waals surface area (Å²) < 4.78 is 5.78. The van der Waals surface area contributed by atoms with Crippen molar-refractivity contribution in [1.29, 1.82) is 0 Å². The minimum atomic E-state index is -0.0889. The van der Waals surface area contributed by atoms with Gasteiger partial charge in [0.2, 0.25) is 0 Å². The maximum absolute atomic E-state index is 12.8. The van der Waals surface area contributed by atoms with E-state index in [0.717, 1.165) is 27.4 Å². The van der Waals surface area contributed by atoms with Crippen LogP contribution < -0.4 is 5.32 Å². The van der Waals surface area contributed by atoms with Crippen molar-refractivity contribution in [2.24, 2.45) is 0 Å². The SMILES string of the molecule is O=C(NCc1ccc(COCc2ccccc2)cc1)c1ccccc1CSc1ncn[nH]1. The lowest BCUT2D eigenvalue weighted by molar-refractivity contribution is 0.0950. The van der Waals surface area contributed by atoms with Crippen molar-refractivity contribution < 1.29 is 9.53 Å². The first-order valence-electron chi connectivity index (χ1n) is 10.3. The van der Waals surface area contributed by atoms with Crippen molar-refractivity contribution in [1.82, 2.24) is 20.5 Å². The maximum Gasteiger partial charge on any atom is 0.251 e. The van der Waals surface area contributed by atoms with E-state index in [1.165, 1.54) is 18.1 Å². The third-order valence-electron chi connectivity index (χ3n) is 4.88. The largest absolute Gasteiger partial charge is 0.372 e. The molecule has 7 heteroatoms. The van der Waals surface area contributed by atoms with E-state index in [-0.39, 0.29) is 5.91 Å². The monoisotopic (exact) mass is 444 g/mol. The van der Waals surface area contributed by atoms with Gasteiger partial charge in [-0.1, -0.05) is 84.6 Å². The molecule has 2 N–H and O–H groups in total. The number of thioether (sulfide) groups is 1. The van der Waals surface area contributed by atoms with Gasteiger partial charge in [0.1, 0.15) is 6.33 Å². The van der Waals surface area contributed by atoms with E-state index >= 15 is 0 Å². The number of aromatic nitrogens is 3. The van der Waals surface area contributed by atoms with Crippen molar-refractivity contribution in [3.05, 3.63) is 113 Å². The molecule has 0 fully saturated rings. The number of H-pyrrole nitrogens is 1. The Bertz CT molecular complexity index is 1120. The molecule has 0 spiro atoms. The van der Waals surface area contributed by atoms with Crippen LogP contribution in [-0.2, 0) is 30.2 Å². The van der Waals surface area contributed by atoms with Crippen molar-refractivity contribution in [2.45, 2.75) is 30.7 Å². The zero-order chi connectivity index (χ0) is 22.0. The summed E-state index contributed by atoms with van der Waals surface area (Å²) in [5.74, 6) is 0.547. The quantitative estimate of drug-likeness (QED) is 0.345. The normalized spacial score (nSPS) is 10.8. The van der Waals surface area contributed by atoms with Crippen molar-refractivity contribution in [2.75, 3.05) is 0 Å². The average Bonchev–Trinajstić information content (AvgIpc) is 3.37. The van der Waals surface area contributed by atoms with Crippen molar-refractivity contribution in [3.8, 4) is 0 Å². The van der Waals surface area contributed by atoms with Crippen LogP contribution in [0.5, 0.6) is 0 Å². The van der Waals surface area contributed by atoms with Gasteiger partial charge in [0, 0.05) is 17.9 Å². The molecule has 3 aromatic carbocycles. The fraction of sp³-hybridized carbons (Fsp3) is 0.160. The van der Waals surface area contributed by atoms with Gasteiger partial charge >= 0.3 is 0 Å². The molecule has 32 heavy (non-hydrogen) atoms. The van der Waals surface area contributed by atoms with Gasteiger partial charge in [0.15, 0.2) is 5.16 Å². The summed E-state index contributed by atoms with van der Waals surface area (Å²) in [5, 5.41) is 10.4. The number of aromatic amines is 1. The number of ether oxygens (including phenoxy) is 1. The predicted octanol–water partition coefficient (Wildman–Crippen LogP) is 4.74. The van der Waals surface area contributed by atoms with Crippen molar-refractivity contribution >= 4 is 17.7 Å². The molecule has 1 heterocycles. The highest BCUT2D eigenvalue weighted by Crippen LogP contribution is 2.21. The van der Waals surface area contributed by atoms with Crippen LogP contribution in [0.2, 0.25) is 0 Å². The molecule has 6 nitrogen and oxygen atoms in total. The number of hydrogen-bond donors (Lipinski definition) is 2. The molecule has 0 aliphatic carbocycles. The zero-order valence-corrected chi connectivity index (χ0v) is 18.3. The highest BCUT2D eigenvalue weighted by molar-refractivity contribution is 7.98. The van der Waals surface area contributed by atoms with E-state index in [1.54, 1.807) is 0 Å². The van der Waals surface area contributed by atoms with Crippen LogP contribution in [0.25, 0.3) is 0 Å². The Balaban J connectivity index is 1.27. The van der Waals surface area contributed by atoms with Crippen LogP contribution >= 0.6 is 11.8 Å². The molecule has 0 bridgehead atoms. The number of benzene rings is 3. The lowest BCUT2D eigenvalue weighted by atomic mass is 10.1. The Hall–Kier alpha value is -3.42. The lowest BCUT2D eigenvalue weighted by Crippen LogP contribution is -2.23. The summed E-state index contributed by atoms with van der Waals surface area (Å²) in [6.07, 6.45) is 1.47. The second-order valence-electron chi connectivity index (χ2n) is 7.21. The molecule has 0 unspecified atom stereocenters.